The van der Waals surface area contributed by atoms with Gasteiger partial charge in [-0.2, -0.15) is 5.10 Å². The summed E-state index contributed by atoms with van der Waals surface area (Å²) in [5.41, 5.74) is 5.85. The molecule has 1 aromatic heterocycles. The molecule has 20 heavy (non-hydrogen) atoms. The van der Waals surface area contributed by atoms with Crippen molar-refractivity contribution in [1.82, 2.24) is 14.8 Å². The van der Waals surface area contributed by atoms with Gasteiger partial charge in [0.25, 0.3) is 0 Å². The van der Waals surface area contributed by atoms with Crippen molar-refractivity contribution in [3.63, 3.8) is 0 Å². The summed E-state index contributed by atoms with van der Waals surface area (Å²) in [7, 11) is 0. The topological polar surface area (TPSA) is 66.0 Å². The van der Waals surface area contributed by atoms with E-state index in [4.69, 9.17) is 10.5 Å². The number of rotatable bonds is 6. The largest absolute Gasteiger partial charge is 0.366 e. The number of aromatic nitrogens is 3. The van der Waals surface area contributed by atoms with E-state index >= 15 is 0 Å². The van der Waals surface area contributed by atoms with Gasteiger partial charge in [0.15, 0.2) is 5.82 Å². The third-order valence-electron chi connectivity index (χ3n) is 4.76. The summed E-state index contributed by atoms with van der Waals surface area (Å²) in [4.78, 5) is 4.27. The monoisotopic (exact) mass is 280 g/mol. The van der Waals surface area contributed by atoms with Crippen molar-refractivity contribution in [3.8, 4) is 0 Å². The fourth-order valence-electron chi connectivity index (χ4n) is 3.12. The van der Waals surface area contributed by atoms with Gasteiger partial charge in [0, 0.05) is 13.1 Å². The van der Waals surface area contributed by atoms with Crippen LogP contribution in [0.4, 0.5) is 0 Å². The predicted molar refractivity (Wildman–Crippen MR) is 79.1 cm³/mol. The summed E-state index contributed by atoms with van der Waals surface area (Å²) < 4.78 is 8.07. The Kier molecular flexibility index (Phi) is 5.16. The lowest BCUT2D eigenvalue weighted by molar-refractivity contribution is -0.0870. The maximum Gasteiger partial charge on any atom is 0.152 e. The second-order valence-electron chi connectivity index (χ2n) is 6.25. The number of hydrogen-bond acceptors (Lipinski definition) is 4. The van der Waals surface area contributed by atoms with Crippen LogP contribution in [-0.2, 0) is 17.9 Å². The van der Waals surface area contributed by atoms with Crippen LogP contribution in [0, 0.1) is 11.8 Å². The van der Waals surface area contributed by atoms with Crippen LogP contribution < -0.4 is 5.73 Å². The lowest BCUT2D eigenvalue weighted by Crippen LogP contribution is -2.44. The fraction of sp³-hybridized carbons (Fsp3) is 0.867. The van der Waals surface area contributed by atoms with Crippen LogP contribution in [0.15, 0.2) is 6.33 Å². The highest BCUT2D eigenvalue weighted by Crippen LogP contribution is 2.37. The minimum Gasteiger partial charge on any atom is -0.366 e. The number of ether oxygens (including phenoxy) is 1. The second-order valence-corrected chi connectivity index (χ2v) is 6.25. The molecule has 0 saturated heterocycles. The van der Waals surface area contributed by atoms with E-state index in [0.29, 0.717) is 13.2 Å². The molecule has 5 heteroatoms. The minimum absolute atomic E-state index is 0.157. The molecule has 0 bridgehead atoms. The first-order valence-corrected chi connectivity index (χ1v) is 7.81. The van der Waals surface area contributed by atoms with Gasteiger partial charge >= 0.3 is 0 Å². The Labute approximate surface area is 121 Å². The van der Waals surface area contributed by atoms with Crippen LogP contribution in [0.5, 0.6) is 0 Å². The average molecular weight is 280 g/mol. The van der Waals surface area contributed by atoms with Crippen LogP contribution in [0.2, 0.25) is 0 Å². The molecule has 0 aliphatic heterocycles. The van der Waals surface area contributed by atoms with E-state index in [1.165, 1.54) is 12.8 Å². The maximum atomic E-state index is 6.19. The molecule has 0 spiro atoms. The normalized spacial score (nSPS) is 27.1. The first-order valence-electron chi connectivity index (χ1n) is 7.81. The Hall–Kier alpha value is -0.940. The molecular weight excluding hydrogens is 252 g/mol. The van der Waals surface area contributed by atoms with Crippen LogP contribution in [0.3, 0.4) is 0 Å². The fourth-order valence-corrected chi connectivity index (χ4v) is 3.12. The van der Waals surface area contributed by atoms with E-state index in [2.05, 4.69) is 30.9 Å². The quantitative estimate of drug-likeness (QED) is 0.868. The van der Waals surface area contributed by atoms with Gasteiger partial charge in [-0.15, -0.1) is 0 Å². The standard InChI is InChI=1S/C15H28N4O/c1-4-19-14(17-11-18-19)9-20-15(10-16)7-5-13(6-8-15)12(2)3/h11-13H,4-10,16H2,1-3H3. The summed E-state index contributed by atoms with van der Waals surface area (Å²) in [5.74, 6) is 2.47. The highest BCUT2D eigenvalue weighted by molar-refractivity contribution is 4.91. The molecule has 2 rings (SSSR count). The summed E-state index contributed by atoms with van der Waals surface area (Å²) >= 11 is 0. The molecule has 0 aromatic carbocycles. The van der Waals surface area contributed by atoms with Crippen molar-refractivity contribution >= 4 is 0 Å². The van der Waals surface area contributed by atoms with Gasteiger partial charge in [-0.1, -0.05) is 13.8 Å². The van der Waals surface area contributed by atoms with Crippen molar-refractivity contribution in [2.24, 2.45) is 17.6 Å². The molecule has 0 atom stereocenters. The Morgan fingerprint density at radius 2 is 2.15 bits per heavy atom. The zero-order valence-corrected chi connectivity index (χ0v) is 13.0. The lowest BCUT2D eigenvalue weighted by Gasteiger charge is -2.40. The van der Waals surface area contributed by atoms with Crippen molar-refractivity contribution < 1.29 is 4.74 Å². The van der Waals surface area contributed by atoms with Gasteiger partial charge in [0.1, 0.15) is 12.9 Å². The van der Waals surface area contributed by atoms with E-state index in [1.54, 1.807) is 6.33 Å². The number of hydrogen-bond donors (Lipinski definition) is 1. The molecule has 0 radical (unpaired) electrons. The molecule has 114 valence electrons. The smallest absolute Gasteiger partial charge is 0.152 e. The van der Waals surface area contributed by atoms with E-state index < -0.39 is 0 Å². The number of nitrogens with two attached hydrogens (primary N) is 1. The molecule has 2 N–H and O–H groups in total. The maximum absolute atomic E-state index is 6.19. The summed E-state index contributed by atoms with van der Waals surface area (Å²) in [6.45, 7) is 8.61. The summed E-state index contributed by atoms with van der Waals surface area (Å²) in [6, 6.07) is 0. The average Bonchev–Trinajstić information content (AvgIpc) is 2.93. The highest BCUT2D eigenvalue weighted by Gasteiger charge is 2.36. The SMILES string of the molecule is CCn1ncnc1COC1(CN)CCC(C(C)C)CC1. The van der Waals surface area contributed by atoms with E-state index in [-0.39, 0.29) is 5.60 Å². The van der Waals surface area contributed by atoms with Gasteiger partial charge in [-0.3, -0.25) is 0 Å². The second kappa shape index (κ2) is 6.68. The minimum atomic E-state index is -0.157. The van der Waals surface area contributed by atoms with Crippen LogP contribution in [-0.4, -0.2) is 26.9 Å². The van der Waals surface area contributed by atoms with Crippen molar-refractivity contribution in [2.45, 2.75) is 65.2 Å². The van der Waals surface area contributed by atoms with Crippen molar-refractivity contribution in [2.75, 3.05) is 6.54 Å². The molecule has 0 amide bonds. The van der Waals surface area contributed by atoms with Gasteiger partial charge in [0.2, 0.25) is 0 Å². The van der Waals surface area contributed by atoms with Gasteiger partial charge in [-0.25, -0.2) is 9.67 Å². The zero-order chi connectivity index (χ0) is 14.6. The van der Waals surface area contributed by atoms with Crippen LogP contribution in [0.1, 0.15) is 52.3 Å². The third-order valence-corrected chi connectivity index (χ3v) is 4.76. The zero-order valence-electron chi connectivity index (χ0n) is 13.0. The van der Waals surface area contributed by atoms with E-state index in [9.17, 15) is 0 Å². The molecule has 5 nitrogen and oxygen atoms in total. The first kappa shape index (κ1) is 15.4. The molecular formula is C15H28N4O. The lowest BCUT2D eigenvalue weighted by atomic mass is 9.74. The van der Waals surface area contributed by atoms with Gasteiger partial charge in [-0.05, 0) is 44.4 Å². The summed E-state index contributed by atoms with van der Waals surface area (Å²) in [5, 5.41) is 4.18. The molecule has 1 saturated carbocycles. The molecule has 0 unspecified atom stereocenters. The van der Waals surface area contributed by atoms with Crippen molar-refractivity contribution in [1.29, 1.82) is 0 Å². The molecule has 1 heterocycles. The Bertz CT molecular complexity index is 408. The molecule has 1 aromatic rings. The Morgan fingerprint density at radius 1 is 1.45 bits per heavy atom. The van der Waals surface area contributed by atoms with Crippen LogP contribution >= 0.6 is 0 Å². The van der Waals surface area contributed by atoms with E-state index in [0.717, 1.165) is 37.0 Å². The third kappa shape index (κ3) is 3.38. The first-order chi connectivity index (χ1) is 9.60. The highest BCUT2D eigenvalue weighted by atomic mass is 16.5. The Balaban J connectivity index is 1.93. The van der Waals surface area contributed by atoms with Gasteiger partial charge in [0.05, 0.1) is 5.60 Å². The summed E-state index contributed by atoms with van der Waals surface area (Å²) in [6.07, 6.45) is 6.15. The molecule has 1 fully saturated rings. The van der Waals surface area contributed by atoms with E-state index in [1.807, 2.05) is 4.68 Å². The number of nitrogens with zero attached hydrogens (tertiary/aromatic N) is 3. The Morgan fingerprint density at radius 3 is 2.70 bits per heavy atom. The van der Waals surface area contributed by atoms with Crippen LogP contribution in [0.25, 0.3) is 0 Å². The molecule has 1 aliphatic carbocycles. The predicted octanol–water partition coefficient (Wildman–Crippen LogP) is 2.36. The van der Waals surface area contributed by atoms with Gasteiger partial charge < -0.3 is 10.5 Å². The van der Waals surface area contributed by atoms with Crippen molar-refractivity contribution in [3.05, 3.63) is 12.2 Å². The number of aryl methyl sites for hydroxylation is 1. The molecule has 1 aliphatic rings.